The molecule has 1 saturated carbocycles. The first-order chi connectivity index (χ1) is 12.2. The Bertz CT molecular complexity index is 811. The minimum absolute atomic E-state index is 0.0266. The number of hydrogen-bond acceptors (Lipinski definition) is 4. The summed E-state index contributed by atoms with van der Waals surface area (Å²) in [4.78, 5) is 28.7. The first kappa shape index (κ1) is 15.8. The fourth-order valence-electron chi connectivity index (χ4n) is 3.86. The van der Waals surface area contributed by atoms with E-state index in [-0.39, 0.29) is 11.9 Å². The van der Waals surface area contributed by atoms with Crippen LogP contribution >= 0.6 is 0 Å². The predicted octanol–water partition coefficient (Wildman–Crippen LogP) is 3.38. The molecule has 5 nitrogen and oxygen atoms in total. The molecule has 0 unspecified atom stereocenters. The molecule has 2 heterocycles. The topological polar surface area (TPSA) is 68.3 Å². The van der Waals surface area contributed by atoms with Gasteiger partial charge in [-0.1, -0.05) is 18.9 Å². The average molecular weight is 336 g/mol. The Hall–Kier alpha value is -2.69. The van der Waals surface area contributed by atoms with Gasteiger partial charge in [-0.05, 0) is 54.7 Å². The van der Waals surface area contributed by atoms with Crippen molar-refractivity contribution >= 4 is 17.6 Å². The fourth-order valence-corrected chi connectivity index (χ4v) is 3.86. The van der Waals surface area contributed by atoms with Gasteiger partial charge < -0.3 is 10.1 Å². The van der Waals surface area contributed by atoms with Gasteiger partial charge in [0.25, 0.3) is 0 Å². The first-order valence-corrected chi connectivity index (χ1v) is 8.73. The van der Waals surface area contributed by atoms with Gasteiger partial charge in [-0.25, -0.2) is 0 Å². The highest BCUT2D eigenvalue weighted by Gasteiger charge is 2.44. The van der Waals surface area contributed by atoms with E-state index in [1.807, 2.05) is 18.2 Å². The number of hydrogen-bond donors (Lipinski definition) is 1. The van der Waals surface area contributed by atoms with Gasteiger partial charge in [0, 0.05) is 24.5 Å². The number of rotatable bonds is 3. The lowest BCUT2D eigenvalue weighted by atomic mass is 9.80. The van der Waals surface area contributed by atoms with Crippen molar-refractivity contribution in [3.8, 4) is 5.75 Å². The number of aromatic nitrogens is 1. The molecule has 5 heteroatoms. The molecule has 4 rings (SSSR count). The monoisotopic (exact) mass is 336 g/mol. The molecule has 0 saturated heterocycles. The van der Waals surface area contributed by atoms with E-state index in [0.717, 1.165) is 42.5 Å². The molecule has 128 valence electrons. The van der Waals surface area contributed by atoms with Crippen LogP contribution in [0.15, 0.2) is 42.7 Å². The molecular weight excluding hydrogens is 316 g/mol. The molecule has 0 bridgehead atoms. The van der Waals surface area contributed by atoms with Gasteiger partial charge in [-0.15, -0.1) is 0 Å². The van der Waals surface area contributed by atoms with Crippen LogP contribution in [-0.2, 0) is 21.4 Å². The number of amides is 1. The number of carbonyl (C=O) groups is 2. The molecule has 25 heavy (non-hydrogen) atoms. The molecule has 1 amide bonds. The number of anilines is 1. The summed E-state index contributed by atoms with van der Waals surface area (Å²) in [5.41, 5.74) is 2.15. The van der Waals surface area contributed by atoms with Crippen LogP contribution < -0.4 is 10.1 Å². The Balaban J connectivity index is 1.59. The molecule has 1 aliphatic heterocycles. The summed E-state index contributed by atoms with van der Waals surface area (Å²) in [7, 11) is 0. The second-order valence-corrected chi connectivity index (χ2v) is 6.79. The van der Waals surface area contributed by atoms with Crippen molar-refractivity contribution in [3.05, 3.63) is 53.9 Å². The molecular formula is C20H20N2O3. The first-order valence-electron chi connectivity index (χ1n) is 8.73. The van der Waals surface area contributed by atoms with Gasteiger partial charge in [0.05, 0.1) is 5.41 Å². The van der Waals surface area contributed by atoms with Crippen molar-refractivity contribution in [2.24, 2.45) is 0 Å². The lowest BCUT2D eigenvalue weighted by molar-refractivity contribution is -0.140. The number of pyridine rings is 1. The van der Waals surface area contributed by atoms with E-state index in [4.69, 9.17) is 4.74 Å². The Kier molecular flexibility index (Phi) is 3.99. The van der Waals surface area contributed by atoms with Crippen molar-refractivity contribution in [1.82, 2.24) is 4.98 Å². The zero-order valence-corrected chi connectivity index (χ0v) is 14.0. The maximum Gasteiger partial charge on any atom is 0.322 e. The molecule has 0 atom stereocenters. The van der Waals surface area contributed by atoms with E-state index in [9.17, 15) is 9.59 Å². The van der Waals surface area contributed by atoms with E-state index in [0.29, 0.717) is 18.6 Å². The Morgan fingerprint density at radius 2 is 2.00 bits per heavy atom. The van der Waals surface area contributed by atoms with Gasteiger partial charge >= 0.3 is 5.97 Å². The van der Waals surface area contributed by atoms with Crippen molar-refractivity contribution in [2.45, 2.75) is 43.9 Å². The Morgan fingerprint density at radius 1 is 1.16 bits per heavy atom. The summed E-state index contributed by atoms with van der Waals surface area (Å²) in [5, 5.41) is 2.84. The van der Waals surface area contributed by atoms with Crippen LogP contribution in [0.1, 0.15) is 43.2 Å². The van der Waals surface area contributed by atoms with Crippen LogP contribution in [0.25, 0.3) is 0 Å². The fraction of sp³-hybridized carbons (Fsp3) is 0.350. The molecule has 0 spiro atoms. The molecule has 2 aliphatic rings. The summed E-state index contributed by atoms with van der Waals surface area (Å²) in [6.45, 7) is 0. The quantitative estimate of drug-likeness (QED) is 0.689. The number of benzene rings is 1. The third kappa shape index (κ3) is 2.90. The second kappa shape index (κ2) is 6.31. The highest BCUT2D eigenvalue weighted by molar-refractivity contribution is 5.94. The van der Waals surface area contributed by atoms with Crippen molar-refractivity contribution < 1.29 is 14.3 Å². The number of fused-ring (bicyclic) bond motifs is 1. The molecule has 1 aromatic carbocycles. The lowest BCUT2D eigenvalue weighted by Crippen LogP contribution is -2.36. The number of ether oxygens (including phenoxy) is 1. The Morgan fingerprint density at radius 3 is 2.76 bits per heavy atom. The summed E-state index contributed by atoms with van der Waals surface area (Å²) in [5.74, 6) is 0.353. The summed E-state index contributed by atoms with van der Waals surface area (Å²) in [6.07, 6.45) is 8.23. The zero-order chi connectivity index (χ0) is 17.3. The van der Waals surface area contributed by atoms with E-state index in [1.54, 1.807) is 24.5 Å². The maximum absolute atomic E-state index is 13.0. The van der Waals surface area contributed by atoms with Crippen LogP contribution in [0.3, 0.4) is 0 Å². The van der Waals surface area contributed by atoms with Crippen molar-refractivity contribution in [3.63, 3.8) is 0 Å². The zero-order valence-electron chi connectivity index (χ0n) is 14.0. The van der Waals surface area contributed by atoms with Crippen LogP contribution in [0.2, 0.25) is 0 Å². The minimum Gasteiger partial charge on any atom is -0.426 e. The minimum atomic E-state index is -0.599. The van der Waals surface area contributed by atoms with Crippen molar-refractivity contribution in [2.75, 3.05) is 5.32 Å². The number of esters is 1. The standard InChI is InChI=1S/C20H20N2O3/c23-18-8-5-14-12-16(6-7-17(14)22-18)25-19(24)20(9-1-2-10-20)15-4-3-11-21-13-15/h3-4,6-7,11-13H,1-2,5,8-10H2,(H,22,23). The third-order valence-electron chi connectivity index (χ3n) is 5.24. The number of aryl methyl sites for hydroxylation is 1. The summed E-state index contributed by atoms with van der Waals surface area (Å²) >= 11 is 0. The molecule has 1 aliphatic carbocycles. The van der Waals surface area contributed by atoms with Gasteiger partial charge in [0.15, 0.2) is 0 Å². The highest BCUT2D eigenvalue weighted by Crippen LogP contribution is 2.42. The summed E-state index contributed by atoms with van der Waals surface area (Å²) in [6, 6.07) is 9.24. The third-order valence-corrected chi connectivity index (χ3v) is 5.24. The van der Waals surface area contributed by atoms with Crippen molar-refractivity contribution in [1.29, 1.82) is 0 Å². The predicted molar refractivity (Wildman–Crippen MR) is 93.4 cm³/mol. The molecule has 1 fully saturated rings. The SMILES string of the molecule is O=C1CCc2cc(OC(=O)C3(c4cccnc4)CCCC3)ccc2N1. The highest BCUT2D eigenvalue weighted by atomic mass is 16.5. The largest absolute Gasteiger partial charge is 0.426 e. The number of nitrogens with zero attached hydrogens (tertiary/aromatic N) is 1. The van der Waals surface area contributed by atoms with Crippen LogP contribution in [0.4, 0.5) is 5.69 Å². The average Bonchev–Trinajstić information content (AvgIpc) is 3.14. The second-order valence-electron chi connectivity index (χ2n) is 6.79. The van der Waals surface area contributed by atoms with E-state index in [1.165, 1.54) is 0 Å². The van der Waals surface area contributed by atoms with Gasteiger partial charge in [-0.3, -0.25) is 14.6 Å². The molecule has 2 aromatic rings. The normalized spacial score (nSPS) is 18.3. The smallest absolute Gasteiger partial charge is 0.322 e. The van der Waals surface area contributed by atoms with Gasteiger partial charge in [0.2, 0.25) is 5.91 Å². The number of nitrogens with one attached hydrogen (secondary N) is 1. The van der Waals surface area contributed by atoms with E-state index < -0.39 is 5.41 Å². The molecule has 1 aromatic heterocycles. The number of carbonyl (C=O) groups excluding carboxylic acids is 2. The molecule has 0 radical (unpaired) electrons. The Labute approximate surface area is 146 Å². The van der Waals surface area contributed by atoms with E-state index >= 15 is 0 Å². The lowest BCUT2D eigenvalue weighted by Gasteiger charge is -2.27. The van der Waals surface area contributed by atoms with Crippen LogP contribution in [-0.4, -0.2) is 16.9 Å². The van der Waals surface area contributed by atoms with Gasteiger partial charge in [-0.2, -0.15) is 0 Å². The van der Waals surface area contributed by atoms with E-state index in [2.05, 4.69) is 10.3 Å². The molecule has 1 N–H and O–H groups in total. The summed E-state index contributed by atoms with van der Waals surface area (Å²) < 4.78 is 5.77. The maximum atomic E-state index is 13.0. The van der Waals surface area contributed by atoms with Gasteiger partial charge in [0.1, 0.15) is 5.75 Å². The van der Waals surface area contributed by atoms with Crippen LogP contribution in [0, 0.1) is 0 Å². The van der Waals surface area contributed by atoms with Crippen LogP contribution in [0.5, 0.6) is 5.75 Å².